The van der Waals surface area contributed by atoms with Crippen molar-refractivity contribution in [2.45, 2.75) is 58.5 Å². The molecule has 3 heterocycles. The summed E-state index contributed by atoms with van der Waals surface area (Å²) in [6.45, 7) is 5.86. The van der Waals surface area contributed by atoms with Crippen molar-refractivity contribution in [3.63, 3.8) is 0 Å². The molecule has 0 saturated heterocycles. The summed E-state index contributed by atoms with van der Waals surface area (Å²) in [4.78, 5) is 30.8. The number of pyridine rings is 2. The van der Waals surface area contributed by atoms with Crippen molar-refractivity contribution < 1.29 is 9.36 Å². The van der Waals surface area contributed by atoms with Crippen molar-refractivity contribution in [2.24, 2.45) is 0 Å². The molecule has 0 aromatic carbocycles. The number of aromatic nitrogens is 3. The predicted molar refractivity (Wildman–Crippen MR) is 108 cm³/mol. The summed E-state index contributed by atoms with van der Waals surface area (Å²) in [5, 5.41) is 3.46. The highest BCUT2D eigenvalue weighted by Crippen LogP contribution is 2.21. The second-order valence-corrected chi connectivity index (χ2v) is 7.95. The second kappa shape index (κ2) is 6.89. The first-order chi connectivity index (χ1) is 13.4. The van der Waals surface area contributed by atoms with Crippen molar-refractivity contribution in [3.05, 3.63) is 45.9 Å². The van der Waals surface area contributed by atoms with E-state index in [4.69, 9.17) is 5.73 Å². The summed E-state index contributed by atoms with van der Waals surface area (Å²) in [5.41, 5.74) is 8.54. The monoisotopic (exact) mass is 380 g/mol. The minimum absolute atomic E-state index is 0.0541. The predicted octanol–water partition coefficient (Wildman–Crippen LogP) is 2.28. The van der Waals surface area contributed by atoms with E-state index in [2.05, 4.69) is 10.3 Å². The first-order valence-corrected chi connectivity index (χ1v) is 9.84. The molecule has 1 aliphatic carbocycles. The Morgan fingerprint density at radius 1 is 1.32 bits per heavy atom. The Labute approximate surface area is 163 Å². The molecule has 7 nitrogen and oxygen atoms in total. The molecule has 3 N–H and O–H groups in total. The number of nitrogen functional groups attached to an aromatic ring is 1. The van der Waals surface area contributed by atoms with Crippen LogP contribution in [-0.4, -0.2) is 21.3 Å². The number of carbonyl (C=O) groups excluding carboxylic acids is 1. The van der Waals surface area contributed by atoms with Gasteiger partial charge in [-0.15, -0.1) is 0 Å². The number of rotatable bonds is 3. The van der Waals surface area contributed by atoms with Crippen LogP contribution < -0.4 is 21.2 Å². The number of nitrogens with one attached hydrogen (secondary N) is 1. The first-order valence-electron chi connectivity index (χ1n) is 9.84. The van der Waals surface area contributed by atoms with Gasteiger partial charge < -0.3 is 11.1 Å². The second-order valence-electron chi connectivity index (χ2n) is 7.95. The van der Waals surface area contributed by atoms with Gasteiger partial charge in [-0.1, -0.05) is 23.9 Å². The van der Waals surface area contributed by atoms with Crippen LogP contribution in [0.4, 0.5) is 5.82 Å². The fourth-order valence-electron chi connectivity index (χ4n) is 4.06. The first kappa shape index (κ1) is 18.4. The van der Waals surface area contributed by atoms with Gasteiger partial charge in [0.2, 0.25) is 11.5 Å². The Hall–Kier alpha value is -2.96. The summed E-state index contributed by atoms with van der Waals surface area (Å²) in [6.07, 6.45) is 5.98. The van der Waals surface area contributed by atoms with Gasteiger partial charge in [0, 0.05) is 12.2 Å². The lowest BCUT2D eigenvalue weighted by Crippen LogP contribution is -2.45. The SMILES string of the molecule is Cc1ccc2nc3c(cc(C(=O)NC4CCCC4)c(N)[n+]3C(C)C)c(=O)n2c1. The largest absolute Gasteiger partial charge is 0.349 e. The van der Waals surface area contributed by atoms with Gasteiger partial charge in [0.15, 0.2) is 0 Å². The fraction of sp³-hybridized carbons (Fsp3) is 0.429. The molecule has 0 bridgehead atoms. The number of hydrogen-bond acceptors (Lipinski definition) is 4. The van der Waals surface area contributed by atoms with Crippen molar-refractivity contribution in [2.75, 3.05) is 5.73 Å². The molecule has 1 amide bonds. The van der Waals surface area contributed by atoms with E-state index in [1.807, 2.05) is 32.9 Å². The van der Waals surface area contributed by atoms with Gasteiger partial charge in [0.25, 0.3) is 17.1 Å². The Morgan fingerprint density at radius 2 is 2.04 bits per heavy atom. The zero-order valence-corrected chi connectivity index (χ0v) is 16.5. The number of hydrogen-bond donors (Lipinski definition) is 2. The van der Waals surface area contributed by atoms with Crippen molar-refractivity contribution in [1.29, 1.82) is 0 Å². The molecule has 7 heteroatoms. The third-order valence-corrected chi connectivity index (χ3v) is 5.49. The van der Waals surface area contributed by atoms with Crippen molar-refractivity contribution >= 4 is 28.4 Å². The van der Waals surface area contributed by atoms with Crippen LogP contribution in [0.5, 0.6) is 0 Å². The molecule has 0 aliphatic heterocycles. The van der Waals surface area contributed by atoms with Crippen molar-refractivity contribution in [3.8, 4) is 0 Å². The van der Waals surface area contributed by atoms with E-state index in [9.17, 15) is 9.59 Å². The molecule has 146 valence electrons. The van der Waals surface area contributed by atoms with Crippen LogP contribution in [0, 0.1) is 6.92 Å². The smallest absolute Gasteiger partial charge is 0.278 e. The van der Waals surface area contributed by atoms with Gasteiger partial charge in [-0.3, -0.25) is 14.0 Å². The number of aryl methyl sites for hydroxylation is 1. The van der Waals surface area contributed by atoms with E-state index in [0.717, 1.165) is 31.2 Å². The van der Waals surface area contributed by atoms with E-state index in [-0.39, 0.29) is 23.6 Å². The van der Waals surface area contributed by atoms with E-state index < -0.39 is 0 Å². The molecule has 0 atom stereocenters. The molecule has 3 aromatic heterocycles. The third kappa shape index (κ3) is 3.00. The van der Waals surface area contributed by atoms with Gasteiger partial charge in [-0.2, -0.15) is 0 Å². The van der Waals surface area contributed by atoms with Gasteiger partial charge in [0.1, 0.15) is 10.9 Å². The number of amides is 1. The van der Waals surface area contributed by atoms with Gasteiger partial charge >= 0.3 is 0 Å². The molecule has 1 saturated carbocycles. The molecule has 0 radical (unpaired) electrons. The minimum atomic E-state index is -0.227. The topological polar surface area (TPSA) is 93.4 Å². The molecule has 3 aromatic rings. The van der Waals surface area contributed by atoms with Crippen LogP contribution in [0.15, 0.2) is 29.2 Å². The van der Waals surface area contributed by atoms with Crippen LogP contribution >= 0.6 is 0 Å². The summed E-state index contributed by atoms with van der Waals surface area (Å²) >= 11 is 0. The Morgan fingerprint density at radius 3 is 2.71 bits per heavy atom. The van der Waals surface area contributed by atoms with Crippen LogP contribution in [0.3, 0.4) is 0 Å². The van der Waals surface area contributed by atoms with Gasteiger partial charge in [-0.25, -0.2) is 4.57 Å². The maximum absolute atomic E-state index is 13.2. The Bertz CT molecular complexity index is 1140. The molecule has 0 unspecified atom stereocenters. The third-order valence-electron chi connectivity index (χ3n) is 5.49. The summed E-state index contributed by atoms with van der Waals surface area (Å²) in [5.74, 6) is 0.107. The maximum atomic E-state index is 13.2. The normalized spacial score (nSPS) is 15.0. The zero-order chi connectivity index (χ0) is 20.0. The maximum Gasteiger partial charge on any atom is 0.278 e. The van der Waals surface area contributed by atoms with Crippen LogP contribution in [0.2, 0.25) is 0 Å². The number of carbonyl (C=O) groups is 1. The highest BCUT2D eigenvalue weighted by Gasteiger charge is 2.27. The van der Waals surface area contributed by atoms with Crippen molar-refractivity contribution in [1.82, 2.24) is 14.7 Å². The molecule has 1 aliphatic rings. The summed E-state index contributed by atoms with van der Waals surface area (Å²) < 4.78 is 3.30. The lowest BCUT2D eigenvalue weighted by atomic mass is 10.1. The highest BCUT2D eigenvalue weighted by molar-refractivity contribution is 6.00. The van der Waals surface area contributed by atoms with E-state index in [1.54, 1.807) is 16.8 Å². The van der Waals surface area contributed by atoms with Crippen LogP contribution in [-0.2, 0) is 0 Å². The van der Waals surface area contributed by atoms with Gasteiger partial charge in [-0.05, 0) is 51.3 Å². The fourth-order valence-corrected chi connectivity index (χ4v) is 4.06. The molecule has 28 heavy (non-hydrogen) atoms. The minimum Gasteiger partial charge on any atom is -0.349 e. The average Bonchev–Trinajstić information content (AvgIpc) is 3.14. The highest BCUT2D eigenvalue weighted by atomic mass is 16.2. The van der Waals surface area contributed by atoms with Gasteiger partial charge in [0.05, 0.1) is 6.04 Å². The van der Waals surface area contributed by atoms with E-state index in [0.29, 0.717) is 28.1 Å². The van der Waals surface area contributed by atoms with E-state index in [1.165, 1.54) is 4.40 Å². The standard InChI is InChI=1S/C21H25N5O2/c1-12(2)26-18(22)15(20(27)23-14-6-4-5-7-14)10-16-19(26)24-17-9-8-13(3)11-25(17)21(16)28/h8-12,14,22H,4-7H2,1-3H3,(H,23,27)/p+1. The lowest BCUT2D eigenvalue weighted by molar-refractivity contribution is -0.679. The Balaban J connectivity index is 1.97. The Kier molecular flexibility index (Phi) is 4.53. The van der Waals surface area contributed by atoms with Crippen LogP contribution in [0.1, 0.15) is 61.5 Å². The number of anilines is 1. The molecule has 1 fully saturated rings. The van der Waals surface area contributed by atoms with Crippen LogP contribution in [0.25, 0.3) is 16.7 Å². The average molecular weight is 380 g/mol. The molecular formula is C21H26N5O2+. The zero-order valence-electron chi connectivity index (χ0n) is 16.5. The molecule has 4 rings (SSSR count). The lowest BCUT2D eigenvalue weighted by Gasteiger charge is -2.16. The number of nitrogens with two attached hydrogens (primary N) is 1. The molecule has 0 spiro atoms. The van der Waals surface area contributed by atoms with E-state index >= 15 is 0 Å². The molecular weight excluding hydrogens is 354 g/mol. The summed E-state index contributed by atoms with van der Waals surface area (Å²) in [6, 6.07) is 5.45. The quantitative estimate of drug-likeness (QED) is 0.538. The number of nitrogens with zero attached hydrogens (tertiary/aromatic N) is 3. The summed E-state index contributed by atoms with van der Waals surface area (Å²) in [7, 11) is 0. The number of fused-ring (bicyclic) bond motifs is 2.